The molecule has 0 atom stereocenters. The molecule has 5 heteroatoms. The molecule has 0 saturated heterocycles. The minimum Gasteiger partial charge on any atom is -0.326 e. The van der Waals surface area contributed by atoms with Crippen molar-refractivity contribution < 1.29 is 4.79 Å². The predicted octanol–water partition coefficient (Wildman–Crippen LogP) is 3.60. The Bertz CT molecular complexity index is 614. The fourth-order valence-corrected chi connectivity index (χ4v) is 2.37. The number of benzene rings is 1. The summed E-state index contributed by atoms with van der Waals surface area (Å²) in [5.41, 5.74) is 4.11. The summed E-state index contributed by atoms with van der Waals surface area (Å²) in [6.45, 7) is 6.55. The van der Waals surface area contributed by atoms with Gasteiger partial charge < -0.3 is 5.32 Å². The lowest BCUT2D eigenvalue weighted by atomic mass is 10.1. The van der Waals surface area contributed by atoms with Crippen molar-refractivity contribution in [2.45, 2.75) is 33.7 Å². The van der Waals surface area contributed by atoms with E-state index in [9.17, 15) is 4.79 Å². The van der Waals surface area contributed by atoms with Crippen LogP contribution in [0.25, 0.3) is 0 Å². The van der Waals surface area contributed by atoms with Crippen LogP contribution in [0.3, 0.4) is 0 Å². The van der Waals surface area contributed by atoms with Gasteiger partial charge in [0, 0.05) is 17.8 Å². The Kier molecular flexibility index (Phi) is 4.60. The van der Waals surface area contributed by atoms with E-state index in [1.54, 1.807) is 6.20 Å². The van der Waals surface area contributed by atoms with Crippen molar-refractivity contribution in [3.8, 4) is 0 Å². The van der Waals surface area contributed by atoms with Crippen molar-refractivity contribution in [1.82, 2.24) is 9.78 Å². The molecule has 0 aliphatic carbocycles. The molecular formula is C15H18BrN3O. The number of anilines is 1. The van der Waals surface area contributed by atoms with Crippen LogP contribution in [0, 0.1) is 20.8 Å². The van der Waals surface area contributed by atoms with Gasteiger partial charge in [-0.25, -0.2) is 0 Å². The molecule has 1 aromatic carbocycles. The highest BCUT2D eigenvalue weighted by molar-refractivity contribution is 9.10. The Morgan fingerprint density at radius 1 is 1.30 bits per heavy atom. The predicted molar refractivity (Wildman–Crippen MR) is 83.8 cm³/mol. The number of hydrogen-bond donors (Lipinski definition) is 1. The van der Waals surface area contributed by atoms with Gasteiger partial charge in [0.05, 0.1) is 17.2 Å². The van der Waals surface area contributed by atoms with Crippen LogP contribution in [0.4, 0.5) is 5.69 Å². The number of rotatable bonds is 4. The summed E-state index contributed by atoms with van der Waals surface area (Å²) in [6, 6.07) is 5.99. The van der Waals surface area contributed by atoms with E-state index in [-0.39, 0.29) is 5.91 Å². The Morgan fingerprint density at radius 3 is 2.50 bits per heavy atom. The van der Waals surface area contributed by atoms with E-state index in [0.29, 0.717) is 13.0 Å². The Morgan fingerprint density at radius 2 is 1.95 bits per heavy atom. The van der Waals surface area contributed by atoms with Crippen molar-refractivity contribution in [1.29, 1.82) is 0 Å². The molecule has 0 saturated carbocycles. The number of carbonyl (C=O) groups excluding carboxylic acids is 1. The van der Waals surface area contributed by atoms with Crippen molar-refractivity contribution >= 4 is 27.5 Å². The van der Waals surface area contributed by atoms with Gasteiger partial charge in [-0.05, 0) is 47.8 Å². The third-order valence-corrected chi connectivity index (χ3v) is 4.12. The Balaban J connectivity index is 1.98. The van der Waals surface area contributed by atoms with Crippen LogP contribution in [-0.2, 0) is 11.3 Å². The first-order valence-electron chi connectivity index (χ1n) is 6.53. The second-order valence-corrected chi connectivity index (χ2v) is 5.72. The van der Waals surface area contributed by atoms with Crippen LogP contribution >= 0.6 is 15.9 Å². The first-order valence-corrected chi connectivity index (χ1v) is 7.32. The van der Waals surface area contributed by atoms with E-state index < -0.39 is 0 Å². The van der Waals surface area contributed by atoms with Gasteiger partial charge >= 0.3 is 0 Å². The van der Waals surface area contributed by atoms with Gasteiger partial charge in [0.15, 0.2) is 0 Å². The molecule has 1 amide bonds. The quantitative estimate of drug-likeness (QED) is 0.927. The van der Waals surface area contributed by atoms with Gasteiger partial charge in [-0.2, -0.15) is 5.10 Å². The number of para-hydroxylation sites is 1. The number of amides is 1. The normalized spacial score (nSPS) is 10.6. The fourth-order valence-electron chi connectivity index (χ4n) is 2.07. The van der Waals surface area contributed by atoms with Gasteiger partial charge in [0.25, 0.3) is 0 Å². The third-order valence-electron chi connectivity index (χ3n) is 3.34. The smallest absolute Gasteiger partial charge is 0.226 e. The first-order chi connectivity index (χ1) is 9.49. The summed E-state index contributed by atoms with van der Waals surface area (Å²) in [7, 11) is 0. The molecule has 0 unspecified atom stereocenters. The summed E-state index contributed by atoms with van der Waals surface area (Å²) < 4.78 is 2.79. The zero-order valence-electron chi connectivity index (χ0n) is 11.9. The van der Waals surface area contributed by atoms with Crippen LogP contribution in [0.5, 0.6) is 0 Å². The lowest BCUT2D eigenvalue weighted by molar-refractivity contribution is -0.116. The van der Waals surface area contributed by atoms with Gasteiger partial charge in [0.2, 0.25) is 5.91 Å². The van der Waals surface area contributed by atoms with Crippen LogP contribution in [0.15, 0.2) is 28.9 Å². The lowest BCUT2D eigenvalue weighted by Crippen LogP contribution is -2.16. The molecule has 0 aliphatic heterocycles. The Hall–Kier alpha value is -1.62. The van der Waals surface area contributed by atoms with Crippen molar-refractivity contribution in [3.63, 3.8) is 0 Å². The van der Waals surface area contributed by atoms with Crippen molar-refractivity contribution in [2.24, 2.45) is 0 Å². The molecule has 0 aliphatic rings. The summed E-state index contributed by atoms with van der Waals surface area (Å²) in [5.74, 6) is 0.00780. The Labute approximate surface area is 127 Å². The first kappa shape index (κ1) is 14.8. The number of aromatic nitrogens is 2. The topological polar surface area (TPSA) is 46.9 Å². The number of nitrogens with zero attached hydrogens (tertiary/aromatic N) is 2. The maximum atomic E-state index is 12.0. The second kappa shape index (κ2) is 6.22. The van der Waals surface area contributed by atoms with E-state index in [2.05, 4.69) is 26.3 Å². The standard InChI is InChI=1S/C15H18BrN3O/c1-10-5-4-6-11(2)15(10)18-14(20)7-8-19-12(3)13(16)9-17-19/h4-6,9H,7-8H2,1-3H3,(H,18,20). The number of halogens is 1. The summed E-state index contributed by atoms with van der Waals surface area (Å²) >= 11 is 3.41. The summed E-state index contributed by atoms with van der Waals surface area (Å²) in [4.78, 5) is 12.0. The molecule has 0 radical (unpaired) electrons. The zero-order chi connectivity index (χ0) is 14.7. The molecular weight excluding hydrogens is 318 g/mol. The molecule has 1 heterocycles. The largest absolute Gasteiger partial charge is 0.326 e. The minimum atomic E-state index is 0.00780. The molecule has 1 N–H and O–H groups in total. The van der Waals surface area contributed by atoms with Gasteiger partial charge in [0.1, 0.15) is 0 Å². The van der Waals surface area contributed by atoms with Gasteiger partial charge in [-0.3, -0.25) is 9.48 Å². The molecule has 1 aromatic heterocycles. The average molecular weight is 336 g/mol. The van der Waals surface area contributed by atoms with Crippen molar-refractivity contribution in [3.05, 3.63) is 45.7 Å². The highest BCUT2D eigenvalue weighted by Gasteiger charge is 2.09. The SMILES string of the molecule is Cc1cccc(C)c1NC(=O)CCn1ncc(Br)c1C. The number of nitrogens with one attached hydrogen (secondary N) is 1. The van der Waals surface area contributed by atoms with Gasteiger partial charge in [-0.15, -0.1) is 0 Å². The van der Waals surface area contributed by atoms with E-state index in [1.165, 1.54) is 0 Å². The lowest BCUT2D eigenvalue weighted by Gasteiger charge is -2.11. The maximum absolute atomic E-state index is 12.0. The van der Waals surface area contributed by atoms with Crippen LogP contribution in [0.1, 0.15) is 23.2 Å². The van der Waals surface area contributed by atoms with E-state index >= 15 is 0 Å². The molecule has 2 rings (SSSR count). The summed E-state index contributed by atoms with van der Waals surface area (Å²) in [6.07, 6.45) is 2.15. The minimum absolute atomic E-state index is 0.00780. The fraction of sp³-hybridized carbons (Fsp3) is 0.333. The molecule has 106 valence electrons. The van der Waals surface area contributed by atoms with Crippen molar-refractivity contribution in [2.75, 3.05) is 5.32 Å². The average Bonchev–Trinajstić information content (AvgIpc) is 2.72. The zero-order valence-corrected chi connectivity index (χ0v) is 13.5. The number of carbonyl (C=O) groups is 1. The van der Waals surface area contributed by atoms with Crippen LogP contribution in [-0.4, -0.2) is 15.7 Å². The highest BCUT2D eigenvalue weighted by Crippen LogP contribution is 2.20. The van der Waals surface area contributed by atoms with Crippen LogP contribution < -0.4 is 5.32 Å². The molecule has 0 spiro atoms. The highest BCUT2D eigenvalue weighted by atomic mass is 79.9. The second-order valence-electron chi connectivity index (χ2n) is 4.87. The third kappa shape index (κ3) is 3.28. The number of aryl methyl sites for hydroxylation is 3. The number of hydrogen-bond acceptors (Lipinski definition) is 2. The van der Waals surface area contributed by atoms with Gasteiger partial charge in [-0.1, -0.05) is 18.2 Å². The molecule has 20 heavy (non-hydrogen) atoms. The van der Waals surface area contributed by atoms with E-state index in [1.807, 2.05) is 43.7 Å². The van der Waals surface area contributed by atoms with Crippen LogP contribution in [0.2, 0.25) is 0 Å². The molecule has 0 fully saturated rings. The molecule has 4 nitrogen and oxygen atoms in total. The van der Waals surface area contributed by atoms with E-state index in [4.69, 9.17) is 0 Å². The summed E-state index contributed by atoms with van der Waals surface area (Å²) in [5, 5.41) is 7.20. The monoisotopic (exact) mass is 335 g/mol. The maximum Gasteiger partial charge on any atom is 0.226 e. The van der Waals surface area contributed by atoms with E-state index in [0.717, 1.165) is 27.0 Å². The molecule has 0 bridgehead atoms. The molecule has 2 aromatic rings.